The highest BCUT2D eigenvalue weighted by Crippen LogP contribution is 2.07. The monoisotopic (exact) mass is 101 g/mol. The maximum atomic E-state index is 10.0. The molecule has 3 heteroatoms. The fourth-order valence-electron chi connectivity index (χ4n) is 0.258. The first-order chi connectivity index (χ1) is 2.89. The van der Waals surface area contributed by atoms with Crippen molar-refractivity contribution in [2.75, 3.05) is 5.75 Å². The fraction of sp³-hybridized carbons (Fsp3) is 0.333. The van der Waals surface area contributed by atoms with Crippen molar-refractivity contribution < 1.29 is 4.79 Å². The zero-order chi connectivity index (χ0) is 4.41. The number of thioether (sulfide) groups is 1. The molecular weight excluding hydrogens is 98.1 g/mol. The molecule has 1 aliphatic heterocycles. The Balaban J connectivity index is 2.59. The third-order valence-electron chi connectivity index (χ3n) is 0.478. The van der Waals surface area contributed by atoms with Crippen molar-refractivity contribution in [3.05, 3.63) is 0 Å². The summed E-state index contributed by atoms with van der Waals surface area (Å²) >= 11 is 1.24. The molecule has 0 bridgehead atoms. The maximum absolute atomic E-state index is 10.0. The van der Waals surface area contributed by atoms with E-state index in [1.807, 2.05) is 0 Å². The van der Waals surface area contributed by atoms with Crippen LogP contribution < -0.4 is 0 Å². The molecule has 1 amide bonds. The van der Waals surface area contributed by atoms with Crippen molar-refractivity contribution in [1.29, 1.82) is 0 Å². The molecule has 1 rings (SSSR count). The Morgan fingerprint density at radius 1 is 2.00 bits per heavy atom. The Morgan fingerprint density at radius 2 is 2.83 bits per heavy atom. The zero-order valence-electron chi connectivity index (χ0n) is 3.05. The lowest BCUT2D eigenvalue weighted by Crippen LogP contribution is -1.67. The van der Waals surface area contributed by atoms with Gasteiger partial charge in [-0.15, -0.1) is 0 Å². The van der Waals surface area contributed by atoms with E-state index < -0.39 is 0 Å². The van der Waals surface area contributed by atoms with Crippen LogP contribution in [0, 0.1) is 0 Å². The van der Waals surface area contributed by atoms with E-state index in [9.17, 15) is 4.79 Å². The zero-order valence-corrected chi connectivity index (χ0v) is 3.86. The van der Waals surface area contributed by atoms with E-state index >= 15 is 0 Å². The lowest BCUT2D eigenvalue weighted by Gasteiger charge is -1.69. The van der Waals surface area contributed by atoms with E-state index in [4.69, 9.17) is 0 Å². The highest BCUT2D eigenvalue weighted by atomic mass is 32.2. The smallest absolute Gasteiger partial charge is 0.259 e. The molecule has 0 aromatic rings. The molecule has 0 spiro atoms. The van der Waals surface area contributed by atoms with Gasteiger partial charge in [0.2, 0.25) is 0 Å². The molecule has 1 heterocycles. The van der Waals surface area contributed by atoms with Gasteiger partial charge in [0.05, 0.1) is 0 Å². The molecule has 1 aliphatic rings. The highest BCUT2D eigenvalue weighted by molar-refractivity contribution is 8.14. The van der Waals surface area contributed by atoms with Crippen LogP contribution >= 0.6 is 11.8 Å². The molecule has 2 nitrogen and oxygen atoms in total. The van der Waals surface area contributed by atoms with Gasteiger partial charge in [0, 0.05) is 12.0 Å². The second-order valence-corrected chi connectivity index (χ2v) is 1.86. The van der Waals surface area contributed by atoms with Crippen LogP contribution in [-0.2, 0) is 0 Å². The van der Waals surface area contributed by atoms with Crippen LogP contribution in [0.1, 0.15) is 0 Å². The molecule has 0 aromatic carbocycles. The maximum Gasteiger partial charge on any atom is 0.304 e. The number of carbonyl (C=O) groups excluding carboxylic acids is 1. The van der Waals surface area contributed by atoms with Gasteiger partial charge in [0.15, 0.2) is 0 Å². The largest absolute Gasteiger partial charge is 0.304 e. The van der Waals surface area contributed by atoms with Crippen molar-refractivity contribution >= 4 is 23.2 Å². The van der Waals surface area contributed by atoms with Crippen molar-refractivity contribution in [2.45, 2.75) is 0 Å². The van der Waals surface area contributed by atoms with Gasteiger partial charge in [-0.25, -0.2) is 4.99 Å². The average molecular weight is 101 g/mol. The Hall–Kier alpha value is -0.310. The number of rotatable bonds is 0. The molecule has 0 unspecified atom stereocenters. The molecule has 0 saturated heterocycles. The summed E-state index contributed by atoms with van der Waals surface area (Å²) < 4.78 is 0. The number of hydrogen-bond acceptors (Lipinski definition) is 2. The Labute approximate surface area is 39.6 Å². The predicted molar refractivity (Wildman–Crippen MR) is 26.3 cm³/mol. The molecule has 0 saturated carbocycles. The van der Waals surface area contributed by atoms with Gasteiger partial charge >= 0.3 is 5.24 Å². The minimum absolute atomic E-state index is 0.0602. The molecule has 0 aliphatic carbocycles. The molecule has 6 heavy (non-hydrogen) atoms. The molecule has 0 N–H and O–H groups in total. The third kappa shape index (κ3) is 0.597. The second kappa shape index (κ2) is 1.43. The van der Waals surface area contributed by atoms with E-state index in [1.54, 1.807) is 6.21 Å². The van der Waals surface area contributed by atoms with Crippen molar-refractivity contribution in [1.82, 2.24) is 0 Å². The summed E-state index contributed by atoms with van der Waals surface area (Å²) in [6.45, 7) is 0. The summed E-state index contributed by atoms with van der Waals surface area (Å²) in [6, 6.07) is 0. The SMILES string of the molecule is O=C1N=CCS1. The summed E-state index contributed by atoms with van der Waals surface area (Å²) in [5, 5.41) is -0.0602. The Kier molecular flexibility index (Phi) is 0.919. The number of nitrogens with zero attached hydrogens (tertiary/aromatic N) is 1. The van der Waals surface area contributed by atoms with Gasteiger partial charge in [-0.2, -0.15) is 0 Å². The summed E-state index contributed by atoms with van der Waals surface area (Å²) in [5.74, 6) is 0.763. The number of aliphatic imine (C=N–C) groups is 1. The fourth-order valence-corrected chi connectivity index (χ4v) is 0.698. The molecule has 32 valence electrons. The average Bonchev–Trinajstić information content (AvgIpc) is 1.86. The summed E-state index contributed by atoms with van der Waals surface area (Å²) in [4.78, 5) is 13.4. The summed E-state index contributed by atoms with van der Waals surface area (Å²) in [6.07, 6.45) is 1.62. The van der Waals surface area contributed by atoms with Gasteiger partial charge in [-0.3, -0.25) is 4.79 Å². The molecule has 0 atom stereocenters. The Morgan fingerprint density at radius 3 is 3.00 bits per heavy atom. The van der Waals surface area contributed by atoms with Crippen LogP contribution in [0.5, 0.6) is 0 Å². The molecule has 0 fully saturated rings. The molecule has 0 radical (unpaired) electrons. The minimum Gasteiger partial charge on any atom is -0.259 e. The topological polar surface area (TPSA) is 29.4 Å². The first-order valence-corrected chi connectivity index (χ1v) is 2.57. The highest BCUT2D eigenvalue weighted by Gasteiger charge is 2.01. The van der Waals surface area contributed by atoms with Crippen molar-refractivity contribution in [3.63, 3.8) is 0 Å². The van der Waals surface area contributed by atoms with E-state index in [-0.39, 0.29) is 5.24 Å². The second-order valence-electron chi connectivity index (χ2n) is 0.889. The summed E-state index contributed by atoms with van der Waals surface area (Å²) in [7, 11) is 0. The van der Waals surface area contributed by atoms with E-state index in [1.165, 1.54) is 11.8 Å². The number of hydrogen-bond donors (Lipinski definition) is 0. The van der Waals surface area contributed by atoms with Crippen LogP contribution in [-0.4, -0.2) is 17.2 Å². The first kappa shape index (κ1) is 3.87. The number of amides is 1. The minimum atomic E-state index is -0.0602. The third-order valence-corrected chi connectivity index (χ3v) is 1.15. The molecular formula is C3H3NOS. The van der Waals surface area contributed by atoms with Gasteiger partial charge in [-0.1, -0.05) is 11.8 Å². The predicted octanol–water partition coefficient (Wildman–Crippen LogP) is 0.924. The van der Waals surface area contributed by atoms with Gasteiger partial charge in [-0.05, 0) is 0 Å². The van der Waals surface area contributed by atoms with E-state index in [2.05, 4.69) is 4.99 Å². The first-order valence-electron chi connectivity index (χ1n) is 1.59. The summed E-state index contributed by atoms with van der Waals surface area (Å²) in [5.41, 5.74) is 0. The van der Waals surface area contributed by atoms with Gasteiger partial charge in [0.25, 0.3) is 0 Å². The van der Waals surface area contributed by atoms with Crippen LogP contribution in [0.25, 0.3) is 0 Å². The van der Waals surface area contributed by atoms with E-state index in [0.29, 0.717) is 0 Å². The molecule has 0 aromatic heterocycles. The Bertz CT molecular complexity index is 99.0. The van der Waals surface area contributed by atoms with E-state index in [0.717, 1.165) is 5.75 Å². The number of carbonyl (C=O) groups is 1. The van der Waals surface area contributed by atoms with Gasteiger partial charge < -0.3 is 0 Å². The van der Waals surface area contributed by atoms with Crippen LogP contribution in [0.15, 0.2) is 4.99 Å². The van der Waals surface area contributed by atoms with Crippen LogP contribution in [0.3, 0.4) is 0 Å². The van der Waals surface area contributed by atoms with Gasteiger partial charge in [0.1, 0.15) is 0 Å². The van der Waals surface area contributed by atoms with Crippen molar-refractivity contribution in [2.24, 2.45) is 4.99 Å². The standard InChI is InChI=1S/C3H3NOS/c5-3-4-1-2-6-3/h1H,2H2. The normalized spacial score (nSPS) is 19.7. The van der Waals surface area contributed by atoms with Crippen LogP contribution in [0.2, 0.25) is 0 Å². The quantitative estimate of drug-likeness (QED) is 0.454. The van der Waals surface area contributed by atoms with Crippen molar-refractivity contribution in [3.8, 4) is 0 Å². The van der Waals surface area contributed by atoms with Crippen LogP contribution in [0.4, 0.5) is 4.79 Å². The lowest BCUT2D eigenvalue weighted by molar-refractivity contribution is 0.268. The lowest BCUT2D eigenvalue weighted by atomic mass is 10.9.